The van der Waals surface area contributed by atoms with Gasteiger partial charge in [0.1, 0.15) is 17.1 Å². The van der Waals surface area contributed by atoms with Gasteiger partial charge in [-0.3, -0.25) is 4.79 Å². The number of fused-ring (bicyclic) bond motifs is 1. The number of hydrogen-bond acceptors (Lipinski definition) is 3. The van der Waals surface area contributed by atoms with Crippen LogP contribution in [0.4, 0.5) is 0 Å². The molecule has 2 N–H and O–H groups in total. The number of aromatic nitrogens is 1. The molecule has 0 saturated carbocycles. The number of pyridine rings is 1. The van der Waals surface area contributed by atoms with Crippen LogP contribution >= 0.6 is 0 Å². The van der Waals surface area contributed by atoms with Crippen molar-refractivity contribution in [2.75, 3.05) is 0 Å². The lowest BCUT2D eigenvalue weighted by atomic mass is 10.2. The van der Waals surface area contributed by atoms with Gasteiger partial charge in [0.15, 0.2) is 0 Å². The van der Waals surface area contributed by atoms with Crippen molar-refractivity contribution < 1.29 is 9.52 Å². The summed E-state index contributed by atoms with van der Waals surface area (Å²) in [6.45, 7) is 0. The lowest BCUT2D eigenvalue weighted by Gasteiger charge is -1.92. The first-order valence-electron chi connectivity index (χ1n) is 5.15. The van der Waals surface area contributed by atoms with Crippen molar-refractivity contribution in [2.24, 2.45) is 0 Å². The monoisotopic (exact) mass is 227 g/mol. The van der Waals surface area contributed by atoms with Crippen LogP contribution in [0.25, 0.3) is 22.3 Å². The van der Waals surface area contributed by atoms with E-state index in [0.717, 1.165) is 5.39 Å². The van der Waals surface area contributed by atoms with Gasteiger partial charge in [0.2, 0.25) is 0 Å². The van der Waals surface area contributed by atoms with Crippen molar-refractivity contribution >= 4 is 11.0 Å². The molecule has 17 heavy (non-hydrogen) atoms. The summed E-state index contributed by atoms with van der Waals surface area (Å²) in [6.07, 6.45) is 1.57. The van der Waals surface area contributed by atoms with Crippen LogP contribution in [0.1, 0.15) is 0 Å². The normalized spacial score (nSPS) is 10.8. The van der Waals surface area contributed by atoms with E-state index in [-0.39, 0.29) is 11.3 Å². The lowest BCUT2D eigenvalue weighted by molar-refractivity contribution is 0.476. The maximum atomic E-state index is 11.6. The zero-order valence-corrected chi connectivity index (χ0v) is 8.81. The van der Waals surface area contributed by atoms with Gasteiger partial charge >= 0.3 is 0 Å². The molecule has 0 spiro atoms. The number of nitrogens with one attached hydrogen (secondary N) is 1. The number of hydrogen-bond donors (Lipinski definition) is 2. The van der Waals surface area contributed by atoms with Crippen LogP contribution in [0, 0.1) is 0 Å². The molecular formula is C13H9NO3. The molecule has 0 radical (unpaired) electrons. The number of phenols is 1. The first-order valence-corrected chi connectivity index (χ1v) is 5.15. The molecular weight excluding hydrogens is 218 g/mol. The molecule has 0 aliphatic rings. The zero-order chi connectivity index (χ0) is 11.8. The molecule has 2 aromatic heterocycles. The molecule has 4 nitrogen and oxygen atoms in total. The van der Waals surface area contributed by atoms with E-state index in [0.29, 0.717) is 16.9 Å². The molecule has 0 atom stereocenters. The molecule has 84 valence electrons. The van der Waals surface area contributed by atoms with E-state index >= 15 is 0 Å². The fraction of sp³-hybridized carbons (Fsp3) is 0. The molecule has 0 aliphatic carbocycles. The minimum absolute atomic E-state index is 0.173. The van der Waals surface area contributed by atoms with Crippen molar-refractivity contribution in [1.82, 2.24) is 4.98 Å². The van der Waals surface area contributed by atoms with Crippen LogP contribution in [0.5, 0.6) is 5.75 Å². The largest absolute Gasteiger partial charge is 0.508 e. The van der Waals surface area contributed by atoms with E-state index in [1.807, 2.05) is 0 Å². The third-order valence-corrected chi connectivity index (χ3v) is 2.58. The van der Waals surface area contributed by atoms with E-state index in [2.05, 4.69) is 4.98 Å². The summed E-state index contributed by atoms with van der Waals surface area (Å²) in [6, 6.07) is 9.98. The number of furan rings is 1. The Bertz CT molecular complexity index is 740. The molecule has 0 fully saturated rings. The van der Waals surface area contributed by atoms with Crippen molar-refractivity contribution in [3.63, 3.8) is 0 Å². The van der Waals surface area contributed by atoms with Gasteiger partial charge in [-0.2, -0.15) is 0 Å². The predicted octanol–water partition coefficient (Wildman–Crippen LogP) is 2.49. The summed E-state index contributed by atoms with van der Waals surface area (Å²) >= 11 is 0. The molecule has 3 rings (SSSR count). The number of H-pyrrole nitrogens is 1. The second-order valence-corrected chi connectivity index (χ2v) is 3.75. The second-order valence-electron chi connectivity index (χ2n) is 3.75. The minimum Gasteiger partial charge on any atom is -0.508 e. The van der Waals surface area contributed by atoms with Gasteiger partial charge in [0.05, 0.1) is 5.56 Å². The summed E-state index contributed by atoms with van der Waals surface area (Å²) in [5, 5.41) is 10.1. The summed E-state index contributed by atoms with van der Waals surface area (Å²) in [4.78, 5) is 14.2. The van der Waals surface area contributed by atoms with Crippen LogP contribution in [-0.2, 0) is 0 Å². The standard InChI is InChI=1S/C13H9NO3/c15-9-3-4-11-8(6-9)7-12(17-11)10-2-1-5-14-13(10)16/h1-7,15H,(H,14,16). The molecule has 3 aromatic rings. The molecule has 0 aliphatic heterocycles. The van der Waals surface area contributed by atoms with Crippen molar-refractivity contribution in [3.8, 4) is 17.1 Å². The Kier molecular flexibility index (Phi) is 2.01. The van der Waals surface area contributed by atoms with E-state index < -0.39 is 0 Å². The highest BCUT2D eigenvalue weighted by atomic mass is 16.3. The summed E-state index contributed by atoms with van der Waals surface area (Å²) in [7, 11) is 0. The Balaban J connectivity index is 2.25. The van der Waals surface area contributed by atoms with Gasteiger partial charge in [-0.25, -0.2) is 0 Å². The quantitative estimate of drug-likeness (QED) is 0.671. The molecule has 2 heterocycles. The van der Waals surface area contributed by atoms with Crippen LogP contribution in [-0.4, -0.2) is 10.1 Å². The fourth-order valence-electron chi connectivity index (χ4n) is 1.78. The minimum atomic E-state index is -0.198. The van der Waals surface area contributed by atoms with Crippen molar-refractivity contribution in [1.29, 1.82) is 0 Å². The van der Waals surface area contributed by atoms with E-state index in [1.54, 1.807) is 42.6 Å². The maximum absolute atomic E-state index is 11.6. The Hall–Kier alpha value is -2.49. The Morgan fingerprint density at radius 3 is 2.88 bits per heavy atom. The number of rotatable bonds is 1. The predicted molar refractivity (Wildman–Crippen MR) is 63.9 cm³/mol. The highest BCUT2D eigenvalue weighted by Crippen LogP contribution is 2.27. The molecule has 0 unspecified atom stereocenters. The maximum Gasteiger partial charge on any atom is 0.258 e. The highest BCUT2D eigenvalue weighted by Gasteiger charge is 2.09. The van der Waals surface area contributed by atoms with Crippen LogP contribution < -0.4 is 5.56 Å². The Morgan fingerprint density at radius 1 is 1.18 bits per heavy atom. The van der Waals surface area contributed by atoms with Crippen LogP contribution in [0.3, 0.4) is 0 Å². The molecule has 0 amide bonds. The first-order chi connectivity index (χ1) is 8.24. The fourth-order valence-corrected chi connectivity index (χ4v) is 1.78. The number of aromatic hydroxyl groups is 1. The van der Waals surface area contributed by atoms with Crippen molar-refractivity contribution in [2.45, 2.75) is 0 Å². The summed E-state index contributed by atoms with van der Waals surface area (Å²) in [5.74, 6) is 0.666. The average Bonchev–Trinajstić information content (AvgIpc) is 2.72. The highest BCUT2D eigenvalue weighted by molar-refractivity contribution is 5.83. The zero-order valence-electron chi connectivity index (χ0n) is 8.81. The third kappa shape index (κ3) is 1.59. The van der Waals surface area contributed by atoms with Gasteiger partial charge in [0.25, 0.3) is 5.56 Å². The molecule has 1 aromatic carbocycles. The van der Waals surface area contributed by atoms with Gasteiger partial charge in [0, 0.05) is 11.6 Å². The van der Waals surface area contributed by atoms with Gasteiger partial charge < -0.3 is 14.5 Å². The SMILES string of the molecule is O=c1[nH]cccc1-c1cc2cc(O)ccc2o1. The van der Waals surface area contributed by atoms with E-state index in [9.17, 15) is 9.90 Å². The Morgan fingerprint density at radius 2 is 2.06 bits per heavy atom. The van der Waals surface area contributed by atoms with Gasteiger partial charge in [-0.05, 0) is 36.4 Å². The third-order valence-electron chi connectivity index (χ3n) is 2.58. The average molecular weight is 227 g/mol. The second kappa shape index (κ2) is 3.52. The first kappa shape index (κ1) is 9.72. The van der Waals surface area contributed by atoms with Crippen LogP contribution in [0.15, 0.2) is 51.8 Å². The number of aromatic amines is 1. The molecule has 0 bridgehead atoms. The van der Waals surface area contributed by atoms with E-state index in [4.69, 9.17) is 4.42 Å². The van der Waals surface area contributed by atoms with Gasteiger partial charge in [-0.1, -0.05) is 0 Å². The lowest BCUT2D eigenvalue weighted by Crippen LogP contribution is -2.06. The smallest absolute Gasteiger partial charge is 0.258 e. The van der Waals surface area contributed by atoms with E-state index in [1.165, 1.54) is 0 Å². The molecule has 0 saturated heterocycles. The number of phenolic OH excluding ortho intramolecular Hbond substituents is 1. The van der Waals surface area contributed by atoms with Crippen LogP contribution in [0.2, 0.25) is 0 Å². The van der Waals surface area contributed by atoms with Crippen molar-refractivity contribution in [3.05, 3.63) is 52.9 Å². The summed E-state index contributed by atoms with van der Waals surface area (Å²) < 4.78 is 5.56. The van der Waals surface area contributed by atoms with Gasteiger partial charge in [-0.15, -0.1) is 0 Å². The number of benzene rings is 1. The Labute approximate surface area is 96.1 Å². The topological polar surface area (TPSA) is 66.2 Å². The summed E-state index contributed by atoms with van der Waals surface area (Å²) in [5.41, 5.74) is 0.917. The molecule has 4 heteroatoms.